The molecule has 0 fully saturated rings. The quantitative estimate of drug-likeness (QED) is 0.476. The Morgan fingerprint density at radius 1 is 1.67 bits per heavy atom. The molecule has 0 bridgehead atoms. The lowest BCUT2D eigenvalue weighted by Crippen LogP contribution is -2.29. The number of rotatable bonds is 2. The number of hydrogen-bond donors (Lipinski definition) is 1. The number of carbonyl (C=O) groups excluding carboxylic acids is 2. The van der Waals surface area contributed by atoms with Crippen molar-refractivity contribution in [1.82, 2.24) is 5.32 Å². The van der Waals surface area contributed by atoms with E-state index in [1.54, 1.807) is 13.0 Å². The smallest absolute Gasteiger partial charge is 0.414 e. The van der Waals surface area contributed by atoms with Gasteiger partial charge in [-0.25, -0.2) is 4.79 Å². The molecule has 0 aromatic carbocycles. The Kier molecular flexibility index (Phi) is 5.02. The van der Waals surface area contributed by atoms with Gasteiger partial charge in [-0.05, 0) is 6.92 Å². The summed E-state index contributed by atoms with van der Waals surface area (Å²) in [5.74, 6) is -0.671. The molecule has 0 aliphatic rings. The number of nitrogens with zero attached hydrogens (tertiary/aromatic N) is 1. The van der Waals surface area contributed by atoms with E-state index in [2.05, 4.69) is 4.74 Å². The summed E-state index contributed by atoms with van der Waals surface area (Å²) in [6, 6.07) is 1.61. The van der Waals surface area contributed by atoms with E-state index in [0.717, 1.165) is 12.2 Å². The van der Waals surface area contributed by atoms with E-state index >= 15 is 0 Å². The van der Waals surface area contributed by atoms with Crippen LogP contribution in [0.1, 0.15) is 6.92 Å². The number of amides is 2. The van der Waals surface area contributed by atoms with Gasteiger partial charge >= 0.3 is 6.09 Å². The molecule has 64 valence electrons. The highest BCUT2D eigenvalue weighted by atomic mass is 16.5. The summed E-state index contributed by atoms with van der Waals surface area (Å²) in [5.41, 5.74) is 0. The van der Waals surface area contributed by atoms with Crippen LogP contribution < -0.4 is 5.32 Å². The number of ether oxygens (including phenoxy) is 1. The molecular weight excluding hydrogens is 160 g/mol. The molecule has 0 aliphatic carbocycles. The Morgan fingerprint density at radius 3 is 2.83 bits per heavy atom. The summed E-state index contributed by atoms with van der Waals surface area (Å²) >= 11 is 0. The van der Waals surface area contributed by atoms with Crippen molar-refractivity contribution >= 4 is 12.0 Å². The number of hydrogen-bond acceptors (Lipinski definition) is 4. The molecule has 0 heterocycles. The zero-order valence-corrected chi connectivity index (χ0v) is 6.53. The Bertz CT molecular complexity index is 240. The highest BCUT2D eigenvalue weighted by Gasteiger charge is 2.03. The second-order valence-electron chi connectivity index (χ2n) is 1.67. The molecule has 2 amide bonds. The Hall–Kier alpha value is -1.83. The summed E-state index contributed by atoms with van der Waals surface area (Å²) in [6.07, 6.45) is 1.09. The number of alkyl carbamates (subject to hydrolysis) is 1. The highest BCUT2D eigenvalue weighted by molar-refractivity contribution is 5.98. The van der Waals surface area contributed by atoms with Crippen LogP contribution in [0, 0.1) is 11.3 Å². The van der Waals surface area contributed by atoms with Crippen LogP contribution in [-0.2, 0) is 9.53 Å². The van der Waals surface area contributed by atoms with Gasteiger partial charge in [-0.1, -0.05) is 0 Å². The lowest BCUT2D eigenvalue weighted by atomic mass is 10.5. The first kappa shape index (κ1) is 10.2. The van der Waals surface area contributed by atoms with Crippen molar-refractivity contribution in [2.75, 3.05) is 6.61 Å². The fraction of sp³-hybridized carbons (Fsp3) is 0.286. The number of carbonyl (C=O) groups is 2. The topological polar surface area (TPSA) is 79.2 Å². The van der Waals surface area contributed by atoms with Crippen molar-refractivity contribution < 1.29 is 14.3 Å². The molecule has 5 nitrogen and oxygen atoms in total. The first-order valence-electron chi connectivity index (χ1n) is 3.24. The van der Waals surface area contributed by atoms with Gasteiger partial charge < -0.3 is 4.74 Å². The molecule has 0 saturated carbocycles. The van der Waals surface area contributed by atoms with Gasteiger partial charge in [0.25, 0.3) is 5.91 Å². The maximum Gasteiger partial charge on any atom is 0.414 e. The summed E-state index contributed by atoms with van der Waals surface area (Å²) in [6.45, 7) is 1.82. The SMILES string of the molecule is CCOC(=O)NC(=O)C=CC#N. The molecule has 0 spiro atoms. The van der Waals surface area contributed by atoms with Crippen molar-refractivity contribution in [3.05, 3.63) is 12.2 Å². The Labute approximate surface area is 69.6 Å². The molecule has 0 radical (unpaired) electrons. The molecule has 1 N–H and O–H groups in total. The van der Waals surface area contributed by atoms with E-state index in [4.69, 9.17) is 5.26 Å². The molecule has 12 heavy (non-hydrogen) atoms. The molecule has 5 heteroatoms. The molecule has 0 aliphatic heterocycles. The lowest BCUT2D eigenvalue weighted by molar-refractivity contribution is -0.115. The molecule has 0 unspecified atom stereocenters. The number of allylic oxidation sites excluding steroid dienone is 1. The van der Waals surface area contributed by atoms with Crippen LogP contribution >= 0.6 is 0 Å². The Morgan fingerprint density at radius 2 is 2.33 bits per heavy atom. The predicted octanol–water partition coefficient (Wildman–Crippen LogP) is 0.339. The van der Waals surface area contributed by atoms with Gasteiger partial charge in [-0.2, -0.15) is 5.26 Å². The van der Waals surface area contributed by atoms with Gasteiger partial charge in [0.1, 0.15) is 0 Å². The van der Waals surface area contributed by atoms with Crippen LogP contribution in [0.5, 0.6) is 0 Å². The van der Waals surface area contributed by atoms with E-state index in [1.807, 2.05) is 5.32 Å². The van der Waals surface area contributed by atoms with Gasteiger partial charge in [0.05, 0.1) is 12.7 Å². The van der Waals surface area contributed by atoms with Gasteiger partial charge in [-0.15, -0.1) is 0 Å². The molecule has 0 aromatic rings. The zero-order chi connectivity index (χ0) is 9.40. The second-order valence-corrected chi connectivity index (χ2v) is 1.67. The van der Waals surface area contributed by atoms with Gasteiger partial charge in [0.2, 0.25) is 0 Å². The van der Waals surface area contributed by atoms with Gasteiger partial charge in [0.15, 0.2) is 0 Å². The van der Waals surface area contributed by atoms with Crippen LogP contribution in [0.15, 0.2) is 12.2 Å². The fourth-order valence-electron chi connectivity index (χ4n) is 0.422. The largest absolute Gasteiger partial charge is 0.450 e. The number of nitriles is 1. The van der Waals surface area contributed by atoms with Crippen molar-refractivity contribution in [3.8, 4) is 6.07 Å². The first-order chi connectivity index (χ1) is 5.70. The van der Waals surface area contributed by atoms with E-state index in [9.17, 15) is 9.59 Å². The third kappa shape index (κ3) is 4.99. The summed E-state index contributed by atoms with van der Waals surface area (Å²) in [4.78, 5) is 21.2. The van der Waals surface area contributed by atoms with Gasteiger partial charge in [0, 0.05) is 12.2 Å². The monoisotopic (exact) mass is 168 g/mol. The van der Waals surface area contributed by atoms with Crippen molar-refractivity contribution in [2.45, 2.75) is 6.92 Å². The standard InChI is InChI=1S/C7H8N2O3/c1-2-12-7(11)9-6(10)4-3-5-8/h3-4H,2H2,1H3,(H,9,10,11). The average molecular weight is 168 g/mol. The van der Waals surface area contributed by atoms with Crippen LogP contribution in [-0.4, -0.2) is 18.6 Å². The number of imide groups is 1. The summed E-state index contributed by atoms with van der Waals surface area (Å²) < 4.78 is 4.40. The zero-order valence-electron chi connectivity index (χ0n) is 6.53. The van der Waals surface area contributed by atoms with Crippen LogP contribution in [0.4, 0.5) is 4.79 Å². The first-order valence-corrected chi connectivity index (χ1v) is 3.24. The van der Waals surface area contributed by atoms with E-state index in [1.165, 1.54) is 0 Å². The minimum Gasteiger partial charge on any atom is -0.450 e. The summed E-state index contributed by atoms with van der Waals surface area (Å²) in [5, 5.41) is 9.90. The fourth-order valence-corrected chi connectivity index (χ4v) is 0.422. The third-order valence-electron chi connectivity index (χ3n) is 0.810. The van der Waals surface area contributed by atoms with Crippen LogP contribution in [0.2, 0.25) is 0 Å². The lowest BCUT2D eigenvalue weighted by Gasteiger charge is -1.99. The molecule has 0 atom stereocenters. The number of nitrogens with one attached hydrogen (secondary N) is 1. The predicted molar refractivity (Wildman–Crippen MR) is 39.9 cm³/mol. The maximum atomic E-state index is 10.6. The maximum absolute atomic E-state index is 10.6. The van der Waals surface area contributed by atoms with E-state index in [0.29, 0.717) is 0 Å². The van der Waals surface area contributed by atoms with Crippen LogP contribution in [0.3, 0.4) is 0 Å². The third-order valence-corrected chi connectivity index (χ3v) is 0.810. The van der Waals surface area contributed by atoms with Gasteiger partial charge in [-0.3, -0.25) is 10.1 Å². The Balaban J connectivity index is 3.78. The van der Waals surface area contributed by atoms with Crippen molar-refractivity contribution in [2.24, 2.45) is 0 Å². The summed E-state index contributed by atoms with van der Waals surface area (Å²) in [7, 11) is 0. The second kappa shape index (κ2) is 5.92. The van der Waals surface area contributed by atoms with E-state index in [-0.39, 0.29) is 6.61 Å². The molecule has 0 aromatic heterocycles. The molecular formula is C7H8N2O3. The van der Waals surface area contributed by atoms with Crippen LogP contribution in [0.25, 0.3) is 0 Å². The molecule has 0 saturated heterocycles. The van der Waals surface area contributed by atoms with Crippen molar-refractivity contribution in [3.63, 3.8) is 0 Å². The normalized spacial score (nSPS) is 9.00. The van der Waals surface area contributed by atoms with Crippen molar-refractivity contribution in [1.29, 1.82) is 5.26 Å². The minimum atomic E-state index is -0.815. The minimum absolute atomic E-state index is 0.196. The molecule has 0 rings (SSSR count). The van der Waals surface area contributed by atoms with E-state index < -0.39 is 12.0 Å². The average Bonchev–Trinajstić information content (AvgIpc) is 2.01. The highest BCUT2D eigenvalue weighted by Crippen LogP contribution is 1.78.